The fourth-order valence-electron chi connectivity index (χ4n) is 5.98. The van der Waals surface area contributed by atoms with Crippen LogP contribution >= 0.6 is 0 Å². The van der Waals surface area contributed by atoms with Crippen molar-refractivity contribution >= 4 is 40.7 Å². The molecule has 1 saturated heterocycles. The number of cyclic esters (lactones) is 1. The van der Waals surface area contributed by atoms with Crippen LogP contribution in [0.15, 0.2) is 48.7 Å². The molecule has 1 aromatic heterocycles. The molecule has 11 heteroatoms. The van der Waals surface area contributed by atoms with Gasteiger partial charge in [-0.25, -0.2) is 5.43 Å². The van der Waals surface area contributed by atoms with Gasteiger partial charge in [0, 0.05) is 11.9 Å². The van der Waals surface area contributed by atoms with Crippen LogP contribution in [0, 0.1) is 11.3 Å². The molecule has 1 aliphatic carbocycles. The molecule has 0 unspecified atom stereocenters. The fourth-order valence-corrected chi connectivity index (χ4v) is 5.98. The van der Waals surface area contributed by atoms with E-state index in [1.165, 1.54) is 5.01 Å². The first-order valence-corrected chi connectivity index (χ1v) is 15.3. The number of carbonyl (C=O) groups is 4. The maximum absolute atomic E-state index is 13.8. The maximum Gasteiger partial charge on any atom is 0.316 e. The standard InChI is InChI=1S/C33H41N5O6/c1-19(2)28-30(41)35-21(4)31(42)38-17-5-6-26(37-38)29(40)34-20(3)25-10-9-23-8-7-22(18-27(23)36-25)11-14-33(32(43)44-28)15-12-24(39)13-16-33/h7-11,14,18-20,24,26,28,37,39H,4-6,12-13,15-17H2,1-3H3,(H,34,40)(H,35,41)/b14-11+/t20-,24?,26+,28+,33?/m1/s1. The molecular weight excluding hydrogens is 562 g/mol. The SMILES string of the molecule is C=C1NC(=O)[C@H](C(C)C)OC(=O)C2(/C=C/c3ccc4ccc(nc4c3)[C@@H](C)NC(=O)[C@@H]3CCCN(N3)C1=O)CCC(O)CC2. The summed E-state index contributed by atoms with van der Waals surface area (Å²) in [6.07, 6.45) is 4.60. The lowest BCUT2D eigenvalue weighted by molar-refractivity contribution is -0.168. The molecule has 0 radical (unpaired) electrons. The number of hydrogen-bond donors (Lipinski definition) is 4. The minimum Gasteiger partial charge on any atom is -0.451 e. The monoisotopic (exact) mass is 603 g/mol. The third kappa shape index (κ3) is 6.68. The first kappa shape index (κ1) is 31.3. The number of fused-ring (bicyclic) bond motifs is 4. The zero-order valence-corrected chi connectivity index (χ0v) is 25.5. The number of hydrazine groups is 1. The van der Waals surface area contributed by atoms with E-state index in [-0.39, 0.29) is 11.6 Å². The molecule has 1 spiro atoms. The van der Waals surface area contributed by atoms with E-state index in [0.717, 1.165) is 16.5 Å². The number of aliphatic hydroxyl groups excluding tert-OH is 1. The Bertz CT molecular complexity index is 1490. The topological polar surface area (TPSA) is 150 Å². The van der Waals surface area contributed by atoms with Gasteiger partial charge >= 0.3 is 5.97 Å². The molecule has 3 heterocycles. The highest BCUT2D eigenvalue weighted by atomic mass is 16.5. The molecule has 234 valence electrons. The van der Waals surface area contributed by atoms with Gasteiger partial charge in [-0.2, -0.15) is 0 Å². The number of amides is 3. The number of aliphatic hydroxyl groups is 1. The van der Waals surface area contributed by atoms with Crippen molar-refractivity contribution in [3.05, 3.63) is 59.9 Å². The molecule has 11 nitrogen and oxygen atoms in total. The molecule has 2 aliphatic heterocycles. The number of esters is 1. The van der Waals surface area contributed by atoms with Gasteiger partial charge in [0.15, 0.2) is 6.10 Å². The minimum atomic E-state index is -1.18. The number of carbonyl (C=O) groups excluding carboxylic acids is 4. The molecule has 5 bridgehead atoms. The van der Waals surface area contributed by atoms with Crippen LogP contribution in [0.25, 0.3) is 17.0 Å². The number of nitrogens with one attached hydrogen (secondary N) is 3. The Morgan fingerprint density at radius 3 is 2.52 bits per heavy atom. The van der Waals surface area contributed by atoms with Crippen molar-refractivity contribution in [2.24, 2.45) is 11.3 Å². The quantitative estimate of drug-likeness (QED) is 0.287. The van der Waals surface area contributed by atoms with Crippen molar-refractivity contribution in [2.75, 3.05) is 6.54 Å². The van der Waals surface area contributed by atoms with E-state index in [1.807, 2.05) is 49.4 Å². The number of pyridine rings is 1. The zero-order valence-electron chi connectivity index (χ0n) is 25.5. The molecule has 3 amide bonds. The third-order valence-corrected chi connectivity index (χ3v) is 8.77. The Morgan fingerprint density at radius 2 is 1.80 bits per heavy atom. The van der Waals surface area contributed by atoms with Crippen molar-refractivity contribution in [1.82, 2.24) is 26.1 Å². The molecule has 44 heavy (non-hydrogen) atoms. The van der Waals surface area contributed by atoms with Crippen molar-refractivity contribution in [1.29, 1.82) is 0 Å². The molecule has 5 rings (SSSR count). The highest BCUT2D eigenvalue weighted by molar-refractivity contribution is 5.98. The zero-order chi connectivity index (χ0) is 31.6. The van der Waals surface area contributed by atoms with Crippen LogP contribution in [-0.2, 0) is 23.9 Å². The fraction of sp³-hybridized carbons (Fsp3) is 0.485. The average Bonchev–Trinajstić information content (AvgIpc) is 3.01. The van der Waals surface area contributed by atoms with Gasteiger partial charge in [0.25, 0.3) is 11.8 Å². The summed E-state index contributed by atoms with van der Waals surface area (Å²) >= 11 is 0. The van der Waals surface area contributed by atoms with E-state index in [1.54, 1.807) is 13.8 Å². The Balaban J connectivity index is 1.54. The summed E-state index contributed by atoms with van der Waals surface area (Å²) in [5.41, 5.74) is 3.96. The summed E-state index contributed by atoms with van der Waals surface area (Å²) in [4.78, 5) is 58.5. The molecule has 3 atom stereocenters. The molecule has 4 N–H and O–H groups in total. The number of hydrogen-bond acceptors (Lipinski definition) is 8. The average molecular weight is 604 g/mol. The molecule has 1 aromatic carbocycles. The predicted octanol–water partition coefficient (Wildman–Crippen LogP) is 3.05. The summed E-state index contributed by atoms with van der Waals surface area (Å²) in [6, 6.07) is 8.56. The van der Waals surface area contributed by atoms with Gasteiger partial charge in [0.05, 0.1) is 28.8 Å². The van der Waals surface area contributed by atoms with E-state index in [9.17, 15) is 24.3 Å². The largest absolute Gasteiger partial charge is 0.451 e. The second-order valence-electron chi connectivity index (χ2n) is 12.5. The van der Waals surface area contributed by atoms with Crippen LogP contribution in [0.1, 0.15) is 76.6 Å². The molecule has 2 aromatic rings. The summed E-state index contributed by atoms with van der Waals surface area (Å²) in [5, 5.41) is 18.0. The molecule has 2 fully saturated rings. The Morgan fingerprint density at radius 1 is 1.07 bits per heavy atom. The van der Waals surface area contributed by atoms with Gasteiger partial charge in [0.1, 0.15) is 11.7 Å². The molecule has 3 aliphatic rings. The summed E-state index contributed by atoms with van der Waals surface area (Å²) in [5.74, 6) is -2.48. The highest BCUT2D eigenvalue weighted by Gasteiger charge is 2.43. The van der Waals surface area contributed by atoms with Gasteiger partial charge in [-0.15, -0.1) is 0 Å². The van der Waals surface area contributed by atoms with Gasteiger partial charge in [-0.1, -0.05) is 50.8 Å². The number of ether oxygens (including phenoxy) is 1. The van der Waals surface area contributed by atoms with Gasteiger partial charge in [0.2, 0.25) is 5.91 Å². The number of nitrogens with zero attached hydrogens (tertiary/aromatic N) is 2. The smallest absolute Gasteiger partial charge is 0.316 e. The van der Waals surface area contributed by atoms with Crippen molar-refractivity contribution in [3.63, 3.8) is 0 Å². The highest BCUT2D eigenvalue weighted by Crippen LogP contribution is 2.40. The lowest BCUT2D eigenvalue weighted by atomic mass is 9.72. The predicted molar refractivity (Wildman–Crippen MR) is 164 cm³/mol. The summed E-state index contributed by atoms with van der Waals surface area (Å²) < 4.78 is 5.89. The van der Waals surface area contributed by atoms with Gasteiger partial charge in [-0.05, 0) is 69.1 Å². The van der Waals surface area contributed by atoms with E-state index in [4.69, 9.17) is 9.72 Å². The number of benzene rings is 1. The Hall–Kier alpha value is -4.09. The second kappa shape index (κ2) is 12.9. The van der Waals surface area contributed by atoms with E-state index in [0.29, 0.717) is 50.8 Å². The van der Waals surface area contributed by atoms with E-state index < -0.39 is 53.4 Å². The summed E-state index contributed by atoms with van der Waals surface area (Å²) in [7, 11) is 0. The van der Waals surface area contributed by atoms with Gasteiger partial charge < -0.3 is 20.5 Å². The molecule has 1 saturated carbocycles. The Labute approximate surface area is 257 Å². The minimum absolute atomic E-state index is 0.198. The van der Waals surface area contributed by atoms with Crippen molar-refractivity contribution in [3.8, 4) is 0 Å². The lowest BCUT2D eigenvalue weighted by Gasteiger charge is -2.36. The Kier molecular flexibility index (Phi) is 9.17. The van der Waals surface area contributed by atoms with E-state index in [2.05, 4.69) is 22.6 Å². The maximum atomic E-state index is 13.8. The van der Waals surface area contributed by atoms with Crippen LogP contribution in [0.2, 0.25) is 0 Å². The number of aromatic nitrogens is 1. The van der Waals surface area contributed by atoms with Crippen LogP contribution in [0.3, 0.4) is 0 Å². The lowest BCUT2D eigenvalue weighted by Crippen LogP contribution is -2.58. The van der Waals surface area contributed by atoms with Crippen LogP contribution in [0.4, 0.5) is 0 Å². The summed E-state index contributed by atoms with van der Waals surface area (Å²) in [6.45, 7) is 9.45. The van der Waals surface area contributed by atoms with Crippen LogP contribution in [0.5, 0.6) is 0 Å². The van der Waals surface area contributed by atoms with Crippen molar-refractivity contribution in [2.45, 2.75) is 83.6 Å². The van der Waals surface area contributed by atoms with E-state index >= 15 is 0 Å². The second-order valence-corrected chi connectivity index (χ2v) is 12.5. The number of rotatable bonds is 1. The normalized spacial score (nSPS) is 29.8. The molecular formula is C33H41N5O6. The van der Waals surface area contributed by atoms with Gasteiger partial charge in [-0.3, -0.25) is 29.2 Å². The first-order valence-electron chi connectivity index (χ1n) is 15.3. The van der Waals surface area contributed by atoms with Crippen LogP contribution in [-0.4, -0.2) is 63.6 Å². The van der Waals surface area contributed by atoms with Crippen LogP contribution < -0.4 is 16.1 Å². The van der Waals surface area contributed by atoms with Crippen molar-refractivity contribution < 1.29 is 29.0 Å². The third-order valence-electron chi connectivity index (χ3n) is 8.77. The first-order chi connectivity index (χ1) is 21.0.